The van der Waals surface area contributed by atoms with Crippen molar-refractivity contribution in [1.82, 2.24) is 29.3 Å². The van der Waals surface area contributed by atoms with Gasteiger partial charge in [0.05, 0.1) is 12.2 Å². The summed E-state index contributed by atoms with van der Waals surface area (Å²) in [6.45, 7) is 4.03. The third kappa shape index (κ3) is 2.67. The highest BCUT2D eigenvalue weighted by Crippen LogP contribution is 2.09. The second-order valence-corrected chi connectivity index (χ2v) is 5.94. The summed E-state index contributed by atoms with van der Waals surface area (Å²) in [4.78, 5) is 31.4. The molecule has 0 saturated carbocycles. The maximum atomic E-state index is 12.3. The standard InChI is InChI=1S/C17H16N6O2/c1-10-8-23-14(17(25)19-10)6-13(21-23)16(24)18-7-12-9-22-11(2)4-3-5-15(22)20-12/h3-6,8-9H,7H2,1-2H3,(H,18,24)(H,19,25). The van der Waals surface area contributed by atoms with Gasteiger partial charge in [-0.15, -0.1) is 0 Å². The van der Waals surface area contributed by atoms with Crippen LogP contribution in [0.2, 0.25) is 0 Å². The van der Waals surface area contributed by atoms with E-state index < -0.39 is 0 Å². The van der Waals surface area contributed by atoms with Gasteiger partial charge >= 0.3 is 0 Å². The molecule has 0 bridgehead atoms. The molecule has 0 aliphatic heterocycles. The molecule has 4 heterocycles. The molecule has 0 atom stereocenters. The van der Waals surface area contributed by atoms with E-state index in [1.54, 1.807) is 13.1 Å². The van der Waals surface area contributed by atoms with E-state index in [1.807, 2.05) is 35.7 Å². The summed E-state index contributed by atoms with van der Waals surface area (Å²) < 4.78 is 3.38. The van der Waals surface area contributed by atoms with E-state index in [9.17, 15) is 9.59 Å². The second-order valence-electron chi connectivity index (χ2n) is 5.94. The number of hydrogen-bond donors (Lipinski definition) is 2. The van der Waals surface area contributed by atoms with Crippen molar-refractivity contribution in [3.05, 3.63) is 69.8 Å². The Hall–Kier alpha value is -3.42. The maximum absolute atomic E-state index is 12.3. The lowest BCUT2D eigenvalue weighted by atomic mass is 10.3. The summed E-state index contributed by atoms with van der Waals surface area (Å²) in [5.74, 6) is -0.352. The van der Waals surface area contributed by atoms with Gasteiger partial charge in [-0.25, -0.2) is 9.50 Å². The third-order valence-corrected chi connectivity index (χ3v) is 4.00. The van der Waals surface area contributed by atoms with Crippen LogP contribution in [0.15, 0.2) is 41.5 Å². The highest BCUT2D eigenvalue weighted by molar-refractivity contribution is 5.93. The second kappa shape index (κ2) is 5.59. The monoisotopic (exact) mass is 336 g/mol. The molecule has 2 N–H and O–H groups in total. The Kier molecular flexibility index (Phi) is 3.38. The maximum Gasteiger partial charge on any atom is 0.274 e. The summed E-state index contributed by atoms with van der Waals surface area (Å²) in [5.41, 5.74) is 3.57. The zero-order chi connectivity index (χ0) is 17.6. The van der Waals surface area contributed by atoms with Gasteiger partial charge in [0.25, 0.3) is 11.5 Å². The van der Waals surface area contributed by atoms with E-state index in [4.69, 9.17) is 0 Å². The minimum atomic E-state index is -0.352. The van der Waals surface area contributed by atoms with Gasteiger partial charge < -0.3 is 14.7 Å². The number of imidazole rings is 1. The Labute approximate surface area is 142 Å². The molecule has 126 valence electrons. The number of aromatic amines is 1. The molecule has 4 rings (SSSR count). The van der Waals surface area contributed by atoms with Crippen LogP contribution in [0.3, 0.4) is 0 Å². The van der Waals surface area contributed by atoms with E-state index in [-0.39, 0.29) is 23.7 Å². The number of nitrogens with zero attached hydrogens (tertiary/aromatic N) is 4. The van der Waals surface area contributed by atoms with Gasteiger partial charge in [-0.2, -0.15) is 5.10 Å². The predicted octanol–water partition coefficient (Wildman–Crippen LogP) is 1.22. The number of hydrogen-bond acceptors (Lipinski definition) is 4. The van der Waals surface area contributed by atoms with Gasteiger partial charge in [0.15, 0.2) is 5.69 Å². The molecule has 0 aliphatic rings. The Balaban J connectivity index is 1.56. The summed E-state index contributed by atoms with van der Waals surface area (Å²) >= 11 is 0. The lowest BCUT2D eigenvalue weighted by molar-refractivity contribution is 0.0945. The number of H-pyrrole nitrogens is 1. The minimum absolute atomic E-state index is 0.191. The summed E-state index contributed by atoms with van der Waals surface area (Å²) in [5, 5.41) is 6.95. The van der Waals surface area contributed by atoms with Gasteiger partial charge in [0.1, 0.15) is 11.2 Å². The van der Waals surface area contributed by atoms with Crippen molar-refractivity contribution < 1.29 is 4.79 Å². The van der Waals surface area contributed by atoms with Crippen LogP contribution >= 0.6 is 0 Å². The Morgan fingerprint density at radius 2 is 2.12 bits per heavy atom. The van der Waals surface area contributed by atoms with E-state index in [0.717, 1.165) is 17.0 Å². The van der Waals surface area contributed by atoms with Crippen molar-refractivity contribution in [1.29, 1.82) is 0 Å². The number of carbonyl (C=O) groups excluding carboxylic acids is 1. The summed E-state index contributed by atoms with van der Waals surface area (Å²) in [6, 6.07) is 7.32. The normalized spacial score (nSPS) is 11.3. The summed E-state index contributed by atoms with van der Waals surface area (Å²) in [7, 11) is 0. The van der Waals surface area contributed by atoms with E-state index in [0.29, 0.717) is 11.2 Å². The molecule has 0 aliphatic carbocycles. The fourth-order valence-electron chi connectivity index (χ4n) is 2.78. The first-order valence-electron chi connectivity index (χ1n) is 7.82. The molecule has 4 aromatic heterocycles. The van der Waals surface area contributed by atoms with E-state index in [1.165, 1.54) is 10.6 Å². The molecule has 8 heteroatoms. The average molecular weight is 336 g/mol. The first kappa shape index (κ1) is 15.1. The van der Waals surface area contributed by atoms with Crippen LogP contribution in [0.5, 0.6) is 0 Å². The van der Waals surface area contributed by atoms with Gasteiger partial charge in [-0.05, 0) is 26.0 Å². The van der Waals surface area contributed by atoms with Crippen molar-refractivity contribution in [3.63, 3.8) is 0 Å². The molecule has 0 saturated heterocycles. The smallest absolute Gasteiger partial charge is 0.274 e. The number of aryl methyl sites for hydroxylation is 2. The summed E-state index contributed by atoms with van der Waals surface area (Å²) in [6.07, 6.45) is 3.56. The topological polar surface area (TPSA) is 96.6 Å². The first-order chi connectivity index (χ1) is 12.0. The quantitative estimate of drug-likeness (QED) is 0.588. The molecular weight excluding hydrogens is 320 g/mol. The Bertz CT molecular complexity index is 1170. The SMILES string of the molecule is Cc1cn2nc(C(=O)NCc3cn4c(C)cccc4n3)cc2c(=O)[nH]1. The number of carbonyl (C=O) groups is 1. The number of aromatic nitrogens is 5. The molecular formula is C17H16N6O2. The molecule has 1 amide bonds. The highest BCUT2D eigenvalue weighted by Gasteiger charge is 2.13. The molecule has 0 fully saturated rings. The molecule has 0 radical (unpaired) electrons. The average Bonchev–Trinajstić information content (AvgIpc) is 3.17. The van der Waals surface area contributed by atoms with Crippen molar-refractivity contribution in [2.45, 2.75) is 20.4 Å². The molecule has 25 heavy (non-hydrogen) atoms. The number of rotatable bonds is 3. The van der Waals surface area contributed by atoms with Crippen LogP contribution in [0.1, 0.15) is 27.6 Å². The first-order valence-corrected chi connectivity index (χ1v) is 7.82. The van der Waals surface area contributed by atoms with E-state index in [2.05, 4.69) is 20.4 Å². The van der Waals surface area contributed by atoms with Gasteiger partial charge in [0.2, 0.25) is 0 Å². The fourth-order valence-corrected chi connectivity index (χ4v) is 2.78. The van der Waals surface area contributed by atoms with Gasteiger partial charge in [-0.1, -0.05) is 6.07 Å². The Morgan fingerprint density at radius 3 is 2.92 bits per heavy atom. The highest BCUT2D eigenvalue weighted by atomic mass is 16.2. The van der Waals surface area contributed by atoms with Crippen LogP contribution in [-0.2, 0) is 6.54 Å². The number of fused-ring (bicyclic) bond motifs is 2. The van der Waals surface area contributed by atoms with Crippen LogP contribution in [0.25, 0.3) is 11.2 Å². The fraction of sp³-hybridized carbons (Fsp3) is 0.176. The Morgan fingerprint density at radius 1 is 1.28 bits per heavy atom. The molecule has 0 spiro atoms. The zero-order valence-corrected chi connectivity index (χ0v) is 13.8. The molecule has 4 aromatic rings. The van der Waals surface area contributed by atoms with Crippen LogP contribution in [0, 0.1) is 13.8 Å². The predicted molar refractivity (Wildman–Crippen MR) is 91.6 cm³/mol. The lowest BCUT2D eigenvalue weighted by Crippen LogP contribution is -2.23. The van der Waals surface area contributed by atoms with Crippen molar-refractivity contribution >= 4 is 17.1 Å². The number of pyridine rings is 1. The zero-order valence-electron chi connectivity index (χ0n) is 13.8. The molecule has 8 nitrogen and oxygen atoms in total. The number of amides is 1. The molecule has 0 unspecified atom stereocenters. The van der Waals surface area contributed by atoms with Gasteiger partial charge in [-0.3, -0.25) is 9.59 Å². The minimum Gasteiger partial charge on any atom is -0.345 e. The molecule has 0 aromatic carbocycles. The van der Waals surface area contributed by atoms with Crippen molar-refractivity contribution in [3.8, 4) is 0 Å². The van der Waals surface area contributed by atoms with Crippen molar-refractivity contribution in [2.24, 2.45) is 0 Å². The van der Waals surface area contributed by atoms with Gasteiger partial charge in [0, 0.05) is 29.8 Å². The van der Waals surface area contributed by atoms with Crippen molar-refractivity contribution in [2.75, 3.05) is 0 Å². The van der Waals surface area contributed by atoms with Crippen LogP contribution in [-0.4, -0.2) is 29.9 Å². The lowest BCUT2D eigenvalue weighted by Gasteiger charge is -1.99. The van der Waals surface area contributed by atoms with Crippen LogP contribution in [0.4, 0.5) is 0 Å². The largest absolute Gasteiger partial charge is 0.345 e. The van der Waals surface area contributed by atoms with E-state index >= 15 is 0 Å². The third-order valence-electron chi connectivity index (χ3n) is 4.00. The van der Waals surface area contributed by atoms with Crippen LogP contribution < -0.4 is 10.9 Å². The number of nitrogens with one attached hydrogen (secondary N) is 2.